The molecule has 0 aromatic heterocycles. The summed E-state index contributed by atoms with van der Waals surface area (Å²) in [6, 6.07) is 0. The average Bonchev–Trinajstić information content (AvgIpc) is 2.75. The van der Waals surface area contributed by atoms with Crippen LogP contribution in [0.5, 0.6) is 0 Å². The van der Waals surface area contributed by atoms with Gasteiger partial charge in [-0.25, -0.2) is 0 Å². The molecule has 0 aromatic carbocycles. The fourth-order valence-electron chi connectivity index (χ4n) is 4.99. The van der Waals surface area contributed by atoms with Gasteiger partial charge in [0, 0.05) is 9.84 Å². The lowest BCUT2D eigenvalue weighted by Gasteiger charge is -2.59. The molecular formula is C22H43IO3Si. The van der Waals surface area contributed by atoms with E-state index in [9.17, 15) is 0 Å². The minimum atomic E-state index is -1.91. The van der Waals surface area contributed by atoms with Crippen LogP contribution >= 0.6 is 22.6 Å². The molecule has 27 heavy (non-hydrogen) atoms. The highest BCUT2D eigenvalue weighted by molar-refractivity contribution is 14.1. The van der Waals surface area contributed by atoms with Crippen LogP contribution in [0.4, 0.5) is 0 Å². The molecule has 0 N–H and O–H groups in total. The number of rotatable bonds is 5. The smallest absolute Gasteiger partial charge is 0.192 e. The molecule has 5 heteroatoms. The van der Waals surface area contributed by atoms with E-state index in [1.165, 1.54) is 0 Å². The predicted molar refractivity (Wildman–Crippen MR) is 125 cm³/mol. The molecule has 2 unspecified atom stereocenters. The average molecular weight is 511 g/mol. The summed E-state index contributed by atoms with van der Waals surface area (Å²) in [7, 11) is -1.91. The van der Waals surface area contributed by atoms with Gasteiger partial charge in [-0.2, -0.15) is 0 Å². The van der Waals surface area contributed by atoms with Crippen LogP contribution in [0, 0.1) is 17.3 Å². The maximum Gasteiger partial charge on any atom is 0.192 e. The van der Waals surface area contributed by atoms with E-state index < -0.39 is 14.1 Å². The molecule has 1 saturated heterocycles. The van der Waals surface area contributed by atoms with Crippen LogP contribution in [0.2, 0.25) is 18.1 Å². The Kier molecular flexibility index (Phi) is 6.70. The summed E-state index contributed by atoms with van der Waals surface area (Å²) in [5.74, 6) is 0.416. The van der Waals surface area contributed by atoms with Gasteiger partial charge in [0.05, 0.1) is 6.10 Å². The molecule has 1 heterocycles. The lowest BCUT2D eigenvalue weighted by molar-refractivity contribution is -0.209. The summed E-state index contributed by atoms with van der Waals surface area (Å²) in [6.45, 7) is 25.3. The molecule has 0 amide bonds. The van der Waals surface area contributed by atoms with Gasteiger partial charge in [0.15, 0.2) is 14.1 Å². The normalized spacial score (nSPS) is 39.7. The Bertz CT molecular complexity index is 542. The second-order valence-electron chi connectivity index (χ2n) is 11.5. The standard InChI is InChI=1S/C22H43IO3Si/c1-15(2)21(9)14-16(3)17(25-27(10,11)19(4,5)6)18-22(21,12-13-23)26-20(7,8)24-18/h15-18H,12-14H2,1-11H3/t16?,17?,18-,21+,22+/m1/s1. The fourth-order valence-corrected chi connectivity index (χ4v) is 7.18. The van der Waals surface area contributed by atoms with Crippen LogP contribution in [0.3, 0.4) is 0 Å². The zero-order valence-electron chi connectivity index (χ0n) is 19.5. The first kappa shape index (κ1) is 24.1. The zero-order chi connectivity index (χ0) is 21.1. The Hall–Kier alpha value is 0.827. The van der Waals surface area contributed by atoms with Gasteiger partial charge < -0.3 is 13.9 Å². The van der Waals surface area contributed by atoms with Crippen LogP contribution in [0.15, 0.2) is 0 Å². The molecule has 160 valence electrons. The van der Waals surface area contributed by atoms with E-state index in [2.05, 4.69) is 98.0 Å². The van der Waals surface area contributed by atoms with Crippen molar-refractivity contribution in [1.29, 1.82) is 0 Å². The Balaban J connectivity index is 2.54. The number of hydrogen-bond acceptors (Lipinski definition) is 3. The van der Waals surface area contributed by atoms with Crippen LogP contribution < -0.4 is 0 Å². The highest BCUT2D eigenvalue weighted by Gasteiger charge is 2.69. The Labute approximate surface area is 182 Å². The molecule has 0 radical (unpaired) electrons. The number of fused-ring (bicyclic) bond motifs is 1. The largest absolute Gasteiger partial charge is 0.411 e. The van der Waals surface area contributed by atoms with Crippen molar-refractivity contribution in [2.45, 2.75) is 117 Å². The first-order valence-corrected chi connectivity index (χ1v) is 15.1. The van der Waals surface area contributed by atoms with Crippen molar-refractivity contribution < 1.29 is 13.9 Å². The Morgan fingerprint density at radius 3 is 2.19 bits per heavy atom. The molecule has 1 saturated carbocycles. The van der Waals surface area contributed by atoms with Gasteiger partial charge in [0.25, 0.3) is 0 Å². The minimum absolute atomic E-state index is 0.00691. The molecular weight excluding hydrogens is 467 g/mol. The summed E-state index contributed by atoms with van der Waals surface area (Å²) in [4.78, 5) is 0. The Morgan fingerprint density at radius 1 is 1.19 bits per heavy atom. The highest BCUT2D eigenvalue weighted by atomic mass is 127. The van der Waals surface area contributed by atoms with E-state index in [0.717, 1.165) is 17.3 Å². The predicted octanol–water partition coefficient (Wildman–Crippen LogP) is 6.79. The molecule has 0 bridgehead atoms. The van der Waals surface area contributed by atoms with Gasteiger partial charge in [0.1, 0.15) is 11.7 Å². The van der Waals surface area contributed by atoms with Gasteiger partial charge in [-0.1, -0.05) is 71.1 Å². The molecule has 1 aliphatic carbocycles. The molecule has 3 nitrogen and oxygen atoms in total. The van der Waals surface area contributed by atoms with Crippen LogP contribution in [-0.2, 0) is 13.9 Å². The van der Waals surface area contributed by atoms with E-state index >= 15 is 0 Å². The molecule has 1 aliphatic heterocycles. The second kappa shape index (κ2) is 7.51. The van der Waals surface area contributed by atoms with Gasteiger partial charge >= 0.3 is 0 Å². The van der Waals surface area contributed by atoms with Crippen LogP contribution in [0.25, 0.3) is 0 Å². The van der Waals surface area contributed by atoms with Crippen molar-refractivity contribution in [3.8, 4) is 0 Å². The van der Waals surface area contributed by atoms with E-state index in [4.69, 9.17) is 13.9 Å². The summed E-state index contributed by atoms with van der Waals surface area (Å²) in [6.07, 6.45) is 2.23. The third-order valence-electron chi connectivity index (χ3n) is 7.85. The molecule has 5 atom stereocenters. The highest BCUT2D eigenvalue weighted by Crippen LogP contribution is 2.61. The maximum atomic E-state index is 7.04. The van der Waals surface area contributed by atoms with Crippen molar-refractivity contribution >= 4 is 30.9 Å². The van der Waals surface area contributed by atoms with Crippen molar-refractivity contribution in [2.75, 3.05) is 4.43 Å². The van der Waals surface area contributed by atoms with Crippen LogP contribution in [0.1, 0.15) is 75.2 Å². The SMILES string of the molecule is CC1C[C@@](C)(C(C)C)[C@@]2(CCI)OC(C)(C)O[C@@H]2C1O[Si](C)(C)C(C)(C)C. The van der Waals surface area contributed by atoms with E-state index in [0.29, 0.717) is 11.8 Å². The van der Waals surface area contributed by atoms with Gasteiger partial charge in [0.2, 0.25) is 0 Å². The molecule has 2 rings (SSSR count). The molecule has 2 fully saturated rings. The van der Waals surface area contributed by atoms with Crippen molar-refractivity contribution in [2.24, 2.45) is 17.3 Å². The molecule has 0 spiro atoms. The summed E-state index contributed by atoms with van der Waals surface area (Å²) in [5.41, 5.74) is -0.214. The first-order valence-electron chi connectivity index (χ1n) is 10.6. The topological polar surface area (TPSA) is 27.7 Å². The third kappa shape index (κ3) is 4.06. The maximum absolute atomic E-state index is 7.04. The van der Waals surface area contributed by atoms with Gasteiger partial charge in [-0.05, 0) is 56.7 Å². The number of halogens is 1. The summed E-state index contributed by atoms with van der Waals surface area (Å²) < 4.78 is 21.6. The van der Waals surface area contributed by atoms with Gasteiger partial charge in [-0.15, -0.1) is 0 Å². The minimum Gasteiger partial charge on any atom is -0.411 e. The lowest BCUT2D eigenvalue weighted by atomic mass is 9.54. The van der Waals surface area contributed by atoms with Crippen molar-refractivity contribution in [3.05, 3.63) is 0 Å². The first-order chi connectivity index (χ1) is 12.0. The van der Waals surface area contributed by atoms with E-state index in [1.807, 2.05) is 0 Å². The third-order valence-corrected chi connectivity index (χ3v) is 12.9. The Morgan fingerprint density at radius 2 is 1.74 bits per heavy atom. The van der Waals surface area contributed by atoms with Crippen LogP contribution in [-0.4, -0.2) is 36.3 Å². The fraction of sp³-hybridized carbons (Fsp3) is 1.00. The summed E-state index contributed by atoms with van der Waals surface area (Å²) >= 11 is 2.50. The monoisotopic (exact) mass is 510 g/mol. The van der Waals surface area contributed by atoms with E-state index in [1.54, 1.807) is 0 Å². The van der Waals surface area contributed by atoms with E-state index in [-0.39, 0.29) is 28.3 Å². The number of hydrogen-bond donors (Lipinski definition) is 0. The molecule has 2 aliphatic rings. The zero-order valence-corrected chi connectivity index (χ0v) is 22.7. The van der Waals surface area contributed by atoms with Crippen molar-refractivity contribution in [1.82, 2.24) is 0 Å². The quantitative estimate of drug-likeness (QED) is 0.231. The molecule has 0 aromatic rings. The lowest BCUT2D eigenvalue weighted by Crippen LogP contribution is -2.67. The number of alkyl halides is 1. The van der Waals surface area contributed by atoms with Gasteiger partial charge in [-0.3, -0.25) is 0 Å². The second-order valence-corrected chi connectivity index (χ2v) is 17.3. The number of ether oxygens (including phenoxy) is 2. The summed E-state index contributed by atoms with van der Waals surface area (Å²) in [5, 5.41) is 0.187. The van der Waals surface area contributed by atoms with Crippen molar-refractivity contribution in [3.63, 3.8) is 0 Å².